The zero-order chi connectivity index (χ0) is 22.9. The third-order valence-electron chi connectivity index (χ3n) is 5.36. The minimum absolute atomic E-state index is 0.186. The van der Waals surface area contributed by atoms with Gasteiger partial charge < -0.3 is 4.42 Å². The van der Waals surface area contributed by atoms with Gasteiger partial charge in [-0.25, -0.2) is 4.98 Å². The second-order valence-corrected chi connectivity index (χ2v) is 9.36. The molecule has 0 radical (unpaired) electrons. The summed E-state index contributed by atoms with van der Waals surface area (Å²) < 4.78 is 6.48. The number of hydrogen-bond donors (Lipinski definition) is 0. The van der Waals surface area contributed by atoms with E-state index in [1.807, 2.05) is 18.4 Å². The van der Waals surface area contributed by atoms with Crippen molar-refractivity contribution >= 4 is 61.9 Å². The molecule has 3 heterocycles. The van der Waals surface area contributed by atoms with E-state index in [1.54, 1.807) is 59.3 Å². The number of carbonyl (C=O) groups excluding carboxylic acids is 3. The summed E-state index contributed by atoms with van der Waals surface area (Å²) >= 11 is 3.08. The second kappa shape index (κ2) is 8.84. The molecule has 5 rings (SSSR count). The fourth-order valence-corrected chi connectivity index (χ4v) is 5.24. The number of furan rings is 1. The van der Waals surface area contributed by atoms with Gasteiger partial charge in [0.2, 0.25) is 11.8 Å². The van der Waals surface area contributed by atoms with Gasteiger partial charge in [-0.15, -0.1) is 11.8 Å². The molecule has 1 aliphatic rings. The van der Waals surface area contributed by atoms with Gasteiger partial charge in [0.1, 0.15) is 5.76 Å². The summed E-state index contributed by atoms with van der Waals surface area (Å²) in [6.45, 7) is 0.201. The molecule has 0 saturated carbocycles. The summed E-state index contributed by atoms with van der Waals surface area (Å²) in [7, 11) is 0. The molecule has 0 unspecified atom stereocenters. The highest BCUT2D eigenvalue weighted by Crippen LogP contribution is 2.33. The Morgan fingerprint density at radius 2 is 1.94 bits per heavy atom. The van der Waals surface area contributed by atoms with Gasteiger partial charge in [-0.3, -0.25) is 24.2 Å². The van der Waals surface area contributed by atoms with Gasteiger partial charge in [-0.1, -0.05) is 17.4 Å². The Morgan fingerprint density at radius 1 is 1.12 bits per heavy atom. The second-order valence-electron chi connectivity index (χ2n) is 7.47. The quantitative estimate of drug-likeness (QED) is 0.283. The van der Waals surface area contributed by atoms with E-state index in [4.69, 9.17) is 9.40 Å². The van der Waals surface area contributed by atoms with Crippen LogP contribution in [0.4, 0.5) is 10.8 Å². The number of imide groups is 1. The lowest BCUT2D eigenvalue weighted by molar-refractivity contribution is -0.121. The van der Waals surface area contributed by atoms with Crippen LogP contribution in [0.3, 0.4) is 0 Å². The first-order chi connectivity index (χ1) is 16.0. The van der Waals surface area contributed by atoms with E-state index >= 15 is 0 Å². The smallest absolute Gasteiger partial charge is 0.260 e. The maximum atomic E-state index is 13.7. The topological polar surface area (TPSA) is 83.7 Å². The monoisotopic (exact) mass is 477 g/mol. The SMILES string of the molecule is CSc1ccc2nc(N(Cc3ccco3)C(=O)c3cccc(N4C(=O)CCC4=O)c3)sc2c1. The van der Waals surface area contributed by atoms with E-state index in [0.717, 1.165) is 20.0 Å². The van der Waals surface area contributed by atoms with Crippen LogP contribution in [0.15, 0.2) is 70.2 Å². The molecule has 3 amide bonds. The van der Waals surface area contributed by atoms with Crippen LogP contribution >= 0.6 is 23.1 Å². The van der Waals surface area contributed by atoms with Gasteiger partial charge >= 0.3 is 0 Å². The molecule has 1 saturated heterocycles. The number of nitrogens with zero attached hydrogens (tertiary/aromatic N) is 3. The van der Waals surface area contributed by atoms with Crippen LogP contribution in [-0.2, 0) is 16.1 Å². The maximum Gasteiger partial charge on any atom is 0.260 e. The molecule has 0 atom stereocenters. The normalized spacial score (nSPS) is 13.8. The predicted molar refractivity (Wildman–Crippen MR) is 129 cm³/mol. The minimum Gasteiger partial charge on any atom is -0.467 e. The lowest BCUT2D eigenvalue weighted by atomic mass is 10.1. The fourth-order valence-electron chi connectivity index (χ4n) is 3.72. The van der Waals surface area contributed by atoms with E-state index in [-0.39, 0.29) is 37.1 Å². The number of hydrogen-bond acceptors (Lipinski definition) is 7. The Balaban J connectivity index is 1.53. The highest BCUT2D eigenvalue weighted by atomic mass is 32.2. The number of thiazole rings is 1. The van der Waals surface area contributed by atoms with E-state index in [9.17, 15) is 14.4 Å². The number of anilines is 2. The number of thioether (sulfide) groups is 1. The van der Waals surface area contributed by atoms with Crippen LogP contribution in [0, 0.1) is 0 Å². The summed E-state index contributed by atoms with van der Waals surface area (Å²) in [4.78, 5) is 46.5. The average molecular weight is 478 g/mol. The van der Waals surface area contributed by atoms with Crippen molar-refractivity contribution in [2.75, 3.05) is 16.1 Å². The Labute approximate surface area is 198 Å². The van der Waals surface area contributed by atoms with Crippen LogP contribution in [0.25, 0.3) is 10.2 Å². The molecule has 166 valence electrons. The number of rotatable bonds is 6. The summed E-state index contributed by atoms with van der Waals surface area (Å²) in [6, 6.07) is 16.2. The van der Waals surface area contributed by atoms with Crippen molar-refractivity contribution in [3.63, 3.8) is 0 Å². The summed E-state index contributed by atoms with van der Waals surface area (Å²) in [5.41, 5.74) is 1.57. The van der Waals surface area contributed by atoms with Gasteiger partial charge in [-0.2, -0.15) is 0 Å². The highest BCUT2D eigenvalue weighted by molar-refractivity contribution is 7.98. The van der Waals surface area contributed by atoms with Crippen molar-refractivity contribution in [3.05, 3.63) is 72.2 Å². The number of carbonyl (C=O) groups is 3. The first-order valence-corrected chi connectivity index (χ1v) is 12.3. The summed E-state index contributed by atoms with van der Waals surface area (Å²) in [5.74, 6) is -0.189. The van der Waals surface area contributed by atoms with E-state index in [2.05, 4.69) is 6.07 Å². The Kier molecular flexibility index (Phi) is 5.74. The third kappa shape index (κ3) is 4.17. The first-order valence-electron chi connectivity index (χ1n) is 10.3. The number of aromatic nitrogens is 1. The molecule has 9 heteroatoms. The Bertz CT molecular complexity index is 1350. The zero-order valence-corrected chi connectivity index (χ0v) is 19.3. The lowest BCUT2D eigenvalue weighted by Crippen LogP contribution is -2.31. The average Bonchev–Trinajstić information content (AvgIpc) is 3.56. The Morgan fingerprint density at radius 3 is 2.67 bits per heavy atom. The molecule has 0 spiro atoms. The van der Waals surface area contributed by atoms with Crippen molar-refractivity contribution in [2.24, 2.45) is 0 Å². The molecule has 0 aliphatic carbocycles. The van der Waals surface area contributed by atoms with Gasteiger partial charge in [-0.05, 0) is 54.8 Å². The van der Waals surface area contributed by atoms with Crippen LogP contribution in [0.2, 0.25) is 0 Å². The largest absolute Gasteiger partial charge is 0.467 e. The summed E-state index contributed by atoms with van der Waals surface area (Å²) in [5, 5.41) is 0.545. The van der Waals surface area contributed by atoms with Gasteiger partial charge in [0.25, 0.3) is 5.91 Å². The van der Waals surface area contributed by atoms with Crippen molar-refractivity contribution in [1.29, 1.82) is 0 Å². The Hall–Kier alpha value is -3.43. The molecule has 4 aromatic rings. The van der Waals surface area contributed by atoms with Crippen LogP contribution in [0.5, 0.6) is 0 Å². The molecule has 0 bridgehead atoms. The standard InChI is InChI=1S/C24H19N3O4S2/c1-32-18-7-8-19-20(13-18)33-24(25-19)26(14-17-6-3-11-31-17)23(30)15-4-2-5-16(12-15)27-21(28)9-10-22(27)29/h2-8,11-13H,9-10,14H2,1H3. The maximum absolute atomic E-state index is 13.7. The van der Waals surface area contributed by atoms with Crippen LogP contribution < -0.4 is 9.80 Å². The van der Waals surface area contributed by atoms with Crippen LogP contribution in [0.1, 0.15) is 29.0 Å². The molecule has 0 N–H and O–H groups in total. The highest BCUT2D eigenvalue weighted by Gasteiger charge is 2.31. The summed E-state index contributed by atoms with van der Waals surface area (Å²) in [6.07, 6.45) is 3.95. The zero-order valence-electron chi connectivity index (χ0n) is 17.7. The first kappa shape index (κ1) is 21.4. The van der Waals surface area contributed by atoms with Gasteiger partial charge in [0.15, 0.2) is 5.13 Å². The molecule has 7 nitrogen and oxygen atoms in total. The molecule has 33 heavy (non-hydrogen) atoms. The van der Waals surface area contributed by atoms with Crippen LogP contribution in [-0.4, -0.2) is 29.0 Å². The number of fused-ring (bicyclic) bond motifs is 1. The lowest BCUT2D eigenvalue weighted by Gasteiger charge is -2.20. The number of amides is 3. The van der Waals surface area contributed by atoms with Crippen molar-refractivity contribution in [3.8, 4) is 0 Å². The molecule has 2 aromatic carbocycles. The van der Waals surface area contributed by atoms with Gasteiger partial charge in [0.05, 0.1) is 28.7 Å². The third-order valence-corrected chi connectivity index (χ3v) is 7.12. The molecule has 1 aliphatic heterocycles. The molecular weight excluding hydrogens is 458 g/mol. The predicted octanol–water partition coefficient (Wildman–Crippen LogP) is 5.11. The molecular formula is C24H19N3O4S2. The van der Waals surface area contributed by atoms with E-state index in [1.165, 1.54) is 11.3 Å². The van der Waals surface area contributed by atoms with Crippen molar-refractivity contribution < 1.29 is 18.8 Å². The fraction of sp³-hybridized carbons (Fsp3) is 0.167. The van der Waals surface area contributed by atoms with Crippen molar-refractivity contribution in [2.45, 2.75) is 24.3 Å². The minimum atomic E-state index is -0.295. The molecule has 2 aromatic heterocycles. The van der Waals surface area contributed by atoms with E-state index in [0.29, 0.717) is 22.1 Å². The van der Waals surface area contributed by atoms with Crippen molar-refractivity contribution in [1.82, 2.24) is 4.98 Å². The molecule has 1 fully saturated rings. The van der Waals surface area contributed by atoms with Gasteiger partial charge in [0, 0.05) is 23.3 Å². The van der Waals surface area contributed by atoms with E-state index < -0.39 is 0 Å². The number of benzene rings is 2.